The lowest BCUT2D eigenvalue weighted by Gasteiger charge is -2.11. The predicted molar refractivity (Wildman–Crippen MR) is 81.5 cm³/mol. The van der Waals surface area contributed by atoms with Crippen LogP contribution in [0.25, 0.3) is 0 Å². The summed E-state index contributed by atoms with van der Waals surface area (Å²) >= 11 is 0. The fourth-order valence-electron chi connectivity index (χ4n) is 1.92. The quantitative estimate of drug-likeness (QED) is 0.922. The van der Waals surface area contributed by atoms with E-state index in [9.17, 15) is 8.42 Å². The Morgan fingerprint density at radius 2 is 1.76 bits per heavy atom. The number of sulfonamides is 1. The van der Waals surface area contributed by atoms with Crippen LogP contribution in [0.15, 0.2) is 47.4 Å². The van der Waals surface area contributed by atoms with E-state index >= 15 is 0 Å². The summed E-state index contributed by atoms with van der Waals surface area (Å²) in [4.78, 5) is 0.184. The van der Waals surface area contributed by atoms with Gasteiger partial charge in [-0.15, -0.1) is 0 Å². The summed E-state index contributed by atoms with van der Waals surface area (Å²) in [5.74, 6) is 1.23. The molecule has 2 rings (SSSR count). The summed E-state index contributed by atoms with van der Waals surface area (Å²) in [5.41, 5.74) is 1.20. The molecule has 0 aliphatic carbocycles. The summed E-state index contributed by atoms with van der Waals surface area (Å²) in [6.07, 6.45) is 0. The number of ether oxygens (including phenoxy) is 2. The molecule has 0 atom stereocenters. The molecule has 0 amide bonds. The van der Waals surface area contributed by atoms with Crippen LogP contribution in [-0.4, -0.2) is 22.6 Å². The van der Waals surface area contributed by atoms with E-state index in [1.807, 2.05) is 0 Å². The first-order valence-electron chi connectivity index (χ1n) is 6.28. The molecule has 0 spiro atoms. The molecule has 0 aromatic heterocycles. The van der Waals surface area contributed by atoms with Gasteiger partial charge in [0.15, 0.2) is 0 Å². The van der Waals surface area contributed by atoms with Crippen LogP contribution in [0.1, 0.15) is 5.56 Å². The van der Waals surface area contributed by atoms with Crippen molar-refractivity contribution in [3.8, 4) is 11.5 Å². The predicted octanol–water partition coefficient (Wildman–Crippen LogP) is 2.81. The number of rotatable bonds is 5. The largest absolute Gasteiger partial charge is 0.497 e. The van der Waals surface area contributed by atoms with Gasteiger partial charge in [-0.25, -0.2) is 8.42 Å². The van der Waals surface area contributed by atoms with E-state index in [-0.39, 0.29) is 4.90 Å². The van der Waals surface area contributed by atoms with Crippen molar-refractivity contribution in [2.75, 3.05) is 18.9 Å². The number of nitrogens with one attached hydrogen (secondary N) is 1. The fourth-order valence-corrected chi connectivity index (χ4v) is 3.05. The van der Waals surface area contributed by atoms with Gasteiger partial charge in [0.2, 0.25) is 0 Å². The molecule has 0 saturated heterocycles. The number of benzene rings is 2. The molecular formula is C15H17NO4S. The van der Waals surface area contributed by atoms with Crippen LogP contribution in [0.3, 0.4) is 0 Å². The minimum Gasteiger partial charge on any atom is -0.497 e. The van der Waals surface area contributed by atoms with Crippen molar-refractivity contribution >= 4 is 15.7 Å². The number of hydrogen-bond donors (Lipinski definition) is 1. The molecule has 0 aliphatic heterocycles. The molecule has 0 unspecified atom stereocenters. The van der Waals surface area contributed by atoms with E-state index in [4.69, 9.17) is 9.47 Å². The highest BCUT2D eigenvalue weighted by Gasteiger charge is 2.15. The van der Waals surface area contributed by atoms with Gasteiger partial charge in [-0.3, -0.25) is 4.72 Å². The summed E-state index contributed by atoms with van der Waals surface area (Å²) in [5, 5.41) is 0. The first-order chi connectivity index (χ1) is 9.96. The van der Waals surface area contributed by atoms with E-state index in [1.54, 1.807) is 50.4 Å². The summed E-state index contributed by atoms with van der Waals surface area (Å²) < 4.78 is 37.4. The van der Waals surface area contributed by atoms with Crippen molar-refractivity contribution in [2.24, 2.45) is 0 Å². The fraction of sp³-hybridized carbons (Fsp3) is 0.200. The lowest BCUT2D eigenvalue weighted by molar-refractivity contribution is 0.411. The molecule has 2 aromatic rings. The van der Waals surface area contributed by atoms with Gasteiger partial charge < -0.3 is 9.47 Å². The van der Waals surface area contributed by atoms with E-state index in [2.05, 4.69) is 4.72 Å². The average Bonchev–Trinajstić information content (AvgIpc) is 2.47. The minimum absolute atomic E-state index is 0.184. The van der Waals surface area contributed by atoms with Crippen molar-refractivity contribution in [2.45, 2.75) is 11.8 Å². The van der Waals surface area contributed by atoms with Crippen LogP contribution < -0.4 is 14.2 Å². The third-order valence-corrected chi connectivity index (χ3v) is 4.38. The topological polar surface area (TPSA) is 64.6 Å². The zero-order chi connectivity index (χ0) is 15.5. The molecule has 21 heavy (non-hydrogen) atoms. The minimum atomic E-state index is -3.65. The standard InChI is InChI=1S/C15H17NO4S/c1-11-9-14(7-8-15(11)20-3)21(17,18)16-12-5-4-6-13(10-12)19-2/h4-10,16H,1-3H3. The smallest absolute Gasteiger partial charge is 0.261 e. The van der Waals surface area contributed by atoms with Gasteiger partial charge in [0, 0.05) is 6.07 Å². The monoisotopic (exact) mass is 307 g/mol. The van der Waals surface area contributed by atoms with Crippen molar-refractivity contribution in [3.05, 3.63) is 48.0 Å². The van der Waals surface area contributed by atoms with E-state index in [0.29, 0.717) is 17.2 Å². The first-order valence-corrected chi connectivity index (χ1v) is 7.76. The van der Waals surface area contributed by atoms with Crippen molar-refractivity contribution in [1.29, 1.82) is 0 Å². The Bertz CT molecular complexity index is 741. The van der Waals surface area contributed by atoms with Gasteiger partial charge in [0.1, 0.15) is 11.5 Å². The normalized spacial score (nSPS) is 11.0. The second-order valence-corrected chi connectivity index (χ2v) is 6.15. The summed E-state index contributed by atoms with van der Waals surface area (Å²) in [6, 6.07) is 11.5. The molecule has 0 aliphatic rings. The summed E-state index contributed by atoms with van der Waals surface area (Å²) in [7, 11) is -0.572. The molecule has 0 bridgehead atoms. The molecule has 6 heteroatoms. The molecule has 2 aromatic carbocycles. The highest BCUT2D eigenvalue weighted by atomic mass is 32.2. The molecule has 0 heterocycles. The average molecular weight is 307 g/mol. The maximum atomic E-state index is 12.4. The number of hydrogen-bond acceptors (Lipinski definition) is 4. The zero-order valence-corrected chi connectivity index (χ0v) is 12.9. The van der Waals surface area contributed by atoms with E-state index in [1.165, 1.54) is 13.2 Å². The highest BCUT2D eigenvalue weighted by molar-refractivity contribution is 7.92. The Kier molecular flexibility index (Phi) is 4.37. The van der Waals surface area contributed by atoms with E-state index < -0.39 is 10.0 Å². The summed E-state index contributed by atoms with van der Waals surface area (Å²) in [6.45, 7) is 1.80. The Labute approximate surface area is 124 Å². The van der Waals surface area contributed by atoms with Gasteiger partial charge in [0.05, 0.1) is 24.8 Å². The first kappa shape index (κ1) is 15.2. The molecule has 0 fully saturated rings. The lowest BCUT2D eigenvalue weighted by atomic mass is 10.2. The number of aryl methyl sites for hydroxylation is 1. The zero-order valence-electron chi connectivity index (χ0n) is 12.1. The number of methoxy groups -OCH3 is 2. The van der Waals surface area contributed by atoms with Gasteiger partial charge in [0.25, 0.3) is 10.0 Å². The van der Waals surface area contributed by atoms with Crippen LogP contribution in [-0.2, 0) is 10.0 Å². The molecule has 0 saturated carbocycles. The maximum absolute atomic E-state index is 12.4. The molecule has 5 nitrogen and oxygen atoms in total. The molecule has 112 valence electrons. The third-order valence-electron chi connectivity index (χ3n) is 3.00. The second-order valence-electron chi connectivity index (χ2n) is 4.47. The third kappa shape index (κ3) is 3.46. The Hall–Kier alpha value is -2.21. The maximum Gasteiger partial charge on any atom is 0.261 e. The van der Waals surface area contributed by atoms with Gasteiger partial charge in [-0.1, -0.05) is 6.07 Å². The van der Waals surface area contributed by atoms with Gasteiger partial charge in [-0.05, 0) is 42.8 Å². The molecule has 1 N–H and O–H groups in total. The Morgan fingerprint density at radius 3 is 2.38 bits per heavy atom. The van der Waals surface area contributed by atoms with Crippen molar-refractivity contribution in [1.82, 2.24) is 0 Å². The van der Waals surface area contributed by atoms with Crippen LogP contribution in [0.5, 0.6) is 11.5 Å². The lowest BCUT2D eigenvalue weighted by Crippen LogP contribution is -2.13. The van der Waals surface area contributed by atoms with Crippen LogP contribution in [0.4, 0.5) is 5.69 Å². The Balaban J connectivity index is 2.31. The van der Waals surface area contributed by atoms with E-state index in [0.717, 1.165) is 5.56 Å². The van der Waals surface area contributed by atoms with Crippen LogP contribution in [0.2, 0.25) is 0 Å². The highest BCUT2D eigenvalue weighted by Crippen LogP contribution is 2.24. The van der Waals surface area contributed by atoms with Gasteiger partial charge >= 0.3 is 0 Å². The molecular weight excluding hydrogens is 290 g/mol. The van der Waals surface area contributed by atoms with Crippen molar-refractivity contribution < 1.29 is 17.9 Å². The molecule has 0 radical (unpaired) electrons. The van der Waals surface area contributed by atoms with Gasteiger partial charge in [-0.2, -0.15) is 0 Å². The van der Waals surface area contributed by atoms with Crippen LogP contribution in [0, 0.1) is 6.92 Å². The van der Waals surface area contributed by atoms with Crippen molar-refractivity contribution in [3.63, 3.8) is 0 Å². The SMILES string of the molecule is COc1cccc(NS(=O)(=O)c2ccc(OC)c(C)c2)c1. The van der Waals surface area contributed by atoms with Crippen LogP contribution >= 0.6 is 0 Å². The number of anilines is 1. The second kappa shape index (κ2) is 6.05. The Morgan fingerprint density at radius 1 is 1.00 bits per heavy atom.